The maximum atomic E-state index is 9.74. The lowest BCUT2D eigenvalue weighted by atomic mass is 9.89. The Hall–Kier alpha value is -1.88. The molecule has 4 nitrogen and oxygen atoms in total. The third-order valence-corrected chi connectivity index (χ3v) is 4.38. The number of hydrogen-bond donors (Lipinski definition) is 2. The lowest BCUT2D eigenvalue weighted by Gasteiger charge is -2.27. The normalized spacial score (nSPS) is 22.2. The molecule has 20 heavy (non-hydrogen) atoms. The summed E-state index contributed by atoms with van der Waals surface area (Å²) in [5.41, 5.74) is 1.86. The van der Waals surface area contributed by atoms with Crippen LogP contribution in [0.5, 0.6) is 23.0 Å². The van der Waals surface area contributed by atoms with E-state index in [0.29, 0.717) is 12.4 Å². The van der Waals surface area contributed by atoms with E-state index in [4.69, 9.17) is 9.47 Å². The Morgan fingerprint density at radius 1 is 1.05 bits per heavy atom. The number of fused-ring (bicyclic) bond motifs is 5. The second-order valence-electron chi connectivity index (χ2n) is 5.02. The van der Waals surface area contributed by atoms with E-state index in [1.54, 1.807) is 24.3 Å². The maximum absolute atomic E-state index is 9.74. The van der Waals surface area contributed by atoms with Crippen molar-refractivity contribution in [2.75, 3.05) is 6.61 Å². The molecule has 2 aromatic carbocycles. The Kier molecular flexibility index (Phi) is 2.41. The first kappa shape index (κ1) is 11.9. The number of aromatic hydroxyl groups is 2. The van der Waals surface area contributed by atoms with Crippen molar-refractivity contribution in [1.29, 1.82) is 0 Å². The zero-order valence-corrected chi connectivity index (χ0v) is 11.9. The van der Waals surface area contributed by atoms with Gasteiger partial charge in [-0.15, -0.1) is 0 Å². The van der Waals surface area contributed by atoms with Crippen LogP contribution in [0.25, 0.3) is 0 Å². The molecule has 0 aliphatic carbocycles. The third-order valence-electron chi connectivity index (χ3n) is 3.79. The summed E-state index contributed by atoms with van der Waals surface area (Å²) in [6, 6.07) is 8.39. The van der Waals surface area contributed by atoms with Gasteiger partial charge in [-0.25, -0.2) is 0 Å². The van der Waals surface area contributed by atoms with Gasteiger partial charge in [0.1, 0.15) is 29.1 Å². The van der Waals surface area contributed by atoms with Crippen LogP contribution in [0.15, 0.2) is 34.8 Å². The number of phenols is 2. The fraction of sp³-hybridized carbons (Fsp3) is 0.200. The molecule has 0 bridgehead atoms. The average molecular weight is 335 g/mol. The molecule has 0 saturated carbocycles. The number of phenolic OH excluding ortho intramolecular Hbond substituents is 2. The first-order valence-electron chi connectivity index (χ1n) is 6.28. The van der Waals surface area contributed by atoms with Gasteiger partial charge in [0.2, 0.25) is 0 Å². The molecule has 5 heteroatoms. The van der Waals surface area contributed by atoms with Crippen LogP contribution < -0.4 is 9.47 Å². The molecule has 2 heterocycles. The van der Waals surface area contributed by atoms with Gasteiger partial charge in [-0.3, -0.25) is 0 Å². The van der Waals surface area contributed by atoms with Gasteiger partial charge in [-0.1, -0.05) is 0 Å². The zero-order valence-electron chi connectivity index (χ0n) is 10.3. The molecule has 2 aliphatic rings. The summed E-state index contributed by atoms with van der Waals surface area (Å²) in [4.78, 5) is 0. The van der Waals surface area contributed by atoms with Crippen LogP contribution in [0.4, 0.5) is 0 Å². The Bertz CT molecular complexity index is 713. The highest BCUT2D eigenvalue weighted by Crippen LogP contribution is 2.54. The van der Waals surface area contributed by atoms with Gasteiger partial charge in [0.25, 0.3) is 0 Å². The Morgan fingerprint density at radius 3 is 2.75 bits per heavy atom. The average Bonchev–Trinajstić information content (AvgIpc) is 2.77. The molecular weight excluding hydrogens is 324 g/mol. The largest absolute Gasteiger partial charge is 0.508 e. The SMILES string of the molecule is Oc1ccc2c(c1)OC[C@H]1c3cc(O)cc(Br)c3O[C@H]21. The smallest absolute Gasteiger partial charge is 0.138 e. The first-order valence-corrected chi connectivity index (χ1v) is 7.07. The van der Waals surface area contributed by atoms with E-state index < -0.39 is 0 Å². The predicted molar refractivity (Wildman–Crippen MR) is 75.5 cm³/mol. The minimum absolute atomic E-state index is 0.0467. The third kappa shape index (κ3) is 1.59. The van der Waals surface area contributed by atoms with Crippen LogP contribution in [-0.2, 0) is 0 Å². The van der Waals surface area contributed by atoms with Crippen molar-refractivity contribution in [2.24, 2.45) is 0 Å². The lowest BCUT2D eigenvalue weighted by molar-refractivity contribution is 0.139. The fourth-order valence-electron chi connectivity index (χ4n) is 2.89. The second kappa shape index (κ2) is 4.06. The molecule has 2 aromatic rings. The molecule has 4 rings (SSSR count). The summed E-state index contributed by atoms with van der Waals surface area (Å²) in [6.07, 6.45) is -0.146. The molecular formula is C15H11BrO4. The summed E-state index contributed by atoms with van der Waals surface area (Å²) < 4.78 is 12.5. The van der Waals surface area contributed by atoms with E-state index >= 15 is 0 Å². The molecule has 2 atom stereocenters. The van der Waals surface area contributed by atoms with Crippen LogP contribution in [0.1, 0.15) is 23.1 Å². The van der Waals surface area contributed by atoms with Gasteiger partial charge >= 0.3 is 0 Å². The molecule has 2 aliphatic heterocycles. The summed E-state index contributed by atoms with van der Waals surface area (Å²) in [7, 11) is 0. The number of rotatable bonds is 0. The van der Waals surface area contributed by atoms with Crippen LogP contribution in [-0.4, -0.2) is 16.8 Å². The molecule has 0 fully saturated rings. The predicted octanol–water partition coefficient (Wildman–Crippen LogP) is 3.47. The highest BCUT2D eigenvalue weighted by molar-refractivity contribution is 9.10. The van der Waals surface area contributed by atoms with Crippen LogP contribution in [0, 0.1) is 0 Å². The summed E-state index contributed by atoms with van der Waals surface area (Å²) in [5.74, 6) is 1.83. The van der Waals surface area contributed by atoms with Crippen molar-refractivity contribution < 1.29 is 19.7 Å². The van der Waals surface area contributed by atoms with Gasteiger partial charge in [0.15, 0.2) is 0 Å². The molecule has 0 aromatic heterocycles. The fourth-order valence-corrected chi connectivity index (χ4v) is 3.45. The highest BCUT2D eigenvalue weighted by atomic mass is 79.9. The van der Waals surface area contributed by atoms with Gasteiger partial charge in [-0.2, -0.15) is 0 Å². The number of ether oxygens (including phenoxy) is 2. The topological polar surface area (TPSA) is 58.9 Å². The number of halogens is 1. The Balaban J connectivity index is 1.84. The van der Waals surface area contributed by atoms with Crippen molar-refractivity contribution in [3.8, 4) is 23.0 Å². The van der Waals surface area contributed by atoms with E-state index in [1.165, 1.54) is 0 Å². The molecule has 102 valence electrons. The van der Waals surface area contributed by atoms with Crippen molar-refractivity contribution in [1.82, 2.24) is 0 Å². The van der Waals surface area contributed by atoms with Crippen molar-refractivity contribution in [2.45, 2.75) is 12.0 Å². The molecule has 0 saturated heterocycles. The second-order valence-corrected chi connectivity index (χ2v) is 5.88. The van der Waals surface area contributed by atoms with Gasteiger partial charge in [-0.05, 0) is 40.2 Å². The number of hydrogen-bond acceptors (Lipinski definition) is 4. The molecule has 0 spiro atoms. The van der Waals surface area contributed by atoms with Gasteiger partial charge < -0.3 is 19.7 Å². The molecule has 0 amide bonds. The molecule has 0 radical (unpaired) electrons. The standard InChI is InChI=1S/C15H11BrO4/c16-12-4-8(18)3-10-11-6-19-13-5-7(17)1-2-9(13)14(11)20-15(10)12/h1-5,11,14,17-18H,6H2/t11-,14+/m0/s1. The van der Waals surface area contributed by atoms with Crippen LogP contribution in [0.2, 0.25) is 0 Å². The Labute approximate surface area is 123 Å². The zero-order chi connectivity index (χ0) is 13.9. The van der Waals surface area contributed by atoms with E-state index in [1.807, 2.05) is 6.07 Å². The summed E-state index contributed by atoms with van der Waals surface area (Å²) in [6.45, 7) is 0.462. The van der Waals surface area contributed by atoms with Crippen LogP contribution in [0.3, 0.4) is 0 Å². The van der Waals surface area contributed by atoms with Gasteiger partial charge in [0.05, 0.1) is 17.0 Å². The highest BCUT2D eigenvalue weighted by Gasteiger charge is 2.41. The van der Waals surface area contributed by atoms with Gasteiger partial charge in [0, 0.05) is 17.2 Å². The number of benzene rings is 2. The first-order chi connectivity index (χ1) is 9.63. The summed E-state index contributed by atoms with van der Waals surface area (Å²) in [5, 5.41) is 19.3. The lowest BCUT2D eigenvalue weighted by Crippen LogP contribution is -2.22. The maximum Gasteiger partial charge on any atom is 0.138 e. The molecule has 0 unspecified atom stereocenters. The van der Waals surface area contributed by atoms with Crippen molar-refractivity contribution >= 4 is 15.9 Å². The minimum Gasteiger partial charge on any atom is -0.508 e. The van der Waals surface area contributed by atoms with Crippen molar-refractivity contribution in [3.63, 3.8) is 0 Å². The monoisotopic (exact) mass is 334 g/mol. The van der Waals surface area contributed by atoms with Crippen LogP contribution >= 0.6 is 15.9 Å². The van der Waals surface area contributed by atoms with E-state index in [9.17, 15) is 10.2 Å². The Morgan fingerprint density at radius 2 is 1.90 bits per heavy atom. The van der Waals surface area contributed by atoms with E-state index in [-0.39, 0.29) is 23.5 Å². The van der Waals surface area contributed by atoms with E-state index in [0.717, 1.165) is 21.3 Å². The van der Waals surface area contributed by atoms with Crippen molar-refractivity contribution in [3.05, 3.63) is 45.9 Å². The van der Waals surface area contributed by atoms with E-state index in [2.05, 4.69) is 15.9 Å². The summed E-state index contributed by atoms with van der Waals surface area (Å²) >= 11 is 3.42. The quantitative estimate of drug-likeness (QED) is 0.774. The molecule has 2 N–H and O–H groups in total. The minimum atomic E-state index is -0.146.